The summed E-state index contributed by atoms with van der Waals surface area (Å²) in [5.74, 6) is -0.351. The largest absolute Gasteiger partial charge is 0.326 e. The maximum atomic E-state index is 13.3. The van der Waals surface area contributed by atoms with E-state index >= 15 is 0 Å². The van der Waals surface area contributed by atoms with Crippen LogP contribution in [0.5, 0.6) is 0 Å². The standard InChI is InChI=1S/C25H25N5O3/c1-17-11-14-26-30(17)19-7-5-6-18(16-19)27-22(31)12-15-28-24(33)20-8-3-4-9-21(20)29-23(32)10-13-25(28,29)2/h3-9,11,14,16H,10,12-13,15H2,1-2H3,(H,27,31). The molecule has 0 spiro atoms. The van der Waals surface area contributed by atoms with Gasteiger partial charge in [0.05, 0.1) is 16.9 Å². The van der Waals surface area contributed by atoms with E-state index in [0.717, 1.165) is 11.4 Å². The molecule has 1 unspecified atom stereocenters. The molecule has 0 bridgehead atoms. The summed E-state index contributed by atoms with van der Waals surface area (Å²) in [5.41, 5.74) is 2.89. The summed E-state index contributed by atoms with van der Waals surface area (Å²) in [5, 5.41) is 7.22. The van der Waals surface area contributed by atoms with Crippen molar-refractivity contribution in [3.63, 3.8) is 0 Å². The lowest BCUT2D eigenvalue weighted by Gasteiger charge is -2.48. The fourth-order valence-corrected chi connectivity index (χ4v) is 4.83. The van der Waals surface area contributed by atoms with Gasteiger partial charge in [-0.05, 0) is 56.7 Å². The average molecular weight is 444 g/mol. The number of para-hydroxylation sites is 1. The van der Waals surface area contributed by atoms with Crippen LogP contribution in [0.1, 0.15) is 42.2 Å². The summed E-state index contributed by atoms with van der Waals surface area (Å²) in [4.78, 5) is 42.1. The van der Waals surface area contributed by atoms with Gasteiger partial charge in [-0.1, -0.05) is 18.2 Å². The molecule has 0 saturated carbocycles. The summed E-state index contributed by atoms with van der Waals surface area (Å²) < 4.78 is 1.80. The van der Waals surface area contributed by atoms with E-state index in [1.807, 2.05) is 56.3 Å². The zero-order chi connectivity index (χ0) is 23.2. The molecule has 1 atom stereocenters. The van der Waals surface area contributed by atoms with Crippen molar-refractivity contribution in [3.05, 3.63) is 72.1 Å². The molecule has 2 aromatic carbocycles. The Hall–Kier alpha value is -3.94. The highest BCUT2D eigenvalue weighted by atomic mass is 16.2. The van der Waals surface area contributed by atoms with E-state index in [9.17, 15) is 14.4 Å². The molecule has 8 nitrogen and oxygen atoms in total. The first kappa shape index (κ1) is 20.9. The molecule has 1 saturated heterocycles. The van der Waals surface area contributed by atoms with Crippen molar-refractivity contribution in [2.24, 2.45) is 0 Å². The lowest BCUT2D eigenvalue weighted by molar-refractivity contribution is -0.117. The Morgan fingerprint density at radius 1 is 1.12 bits per heavy atom. The SMILES string of the molecule is Cc1ccnn1-c1cccc(NC(=O)CCN2C(=O)c3ccccc3N3C(=O)CCC23C)c1. The van der Waals surface area contributed by atoms with E-state index in [4.69, 9.17) is 0 Å². The monoisotopic (exact) mass is 443 g/mol. The highest BCUT2D eigenvalue weighted by Gasteiger charge is 2.52. The van der Waals surface area contributed by atoms with Gasteiger partial charge in [-0.2, -0.15) is 5.10 Å². The second kappa shape index (κ2) is 7.88. The topological polar surface area (TPSA) is 87.5 Å². The predicted molar refractivity (Wildman–Crippen MR) is 124 cm³/mol. The van der Waals surface area contributed by atoms with Gasteiger partial charge in [-0.3, -0.25) is 19.3 Å². The first-order valence-electron chi connectivity index (χ1n) is 11.0. The van der Waals surface area contributed by atoms with Gasteiger partial charge >= 0.3 is 0 Å². The van der Waals surface area contributed by atoms with Gasteiger partial charge < -0.3 is 10.2 Å². The van der Waals surface area contributed by atoms with Gasteiger partial charge in [0.15, 0.2) is 0 Å². The number of fused-ring (bicyclic) bond motifs is 3. The van der Waals surface area contributed by atoms with Gasteiger partial charge in [0.25, 0.3) is 5.91 Å². The molecule has 3 amide bonds. The molecule has 2 aliphatic rings. The summed E-state index contributed by atoms with van der Waals surface area (Å²) in [7, 11) is 0. The van der Waals surface area contributed by atoms with Crippen molar-refractivity contribution in [2.45, 2.75) is 38.8 Å². The quantitative estimate of drug-likeness (QED) is 0.654. The maximum absolute atomic E-state index is 13.3. The molecule has 1 aromatic heterocycles. The Morgan fingerprint density at radius 3 is 2.73 bits per heavy atom. The number of hydrogen-bond donors (Lipinski definition) is 1. The summed E-state index contributed by atoms with van der Waals surface area (Å²) >= 11 is 0. The third-order valence-corrected chi connectivity index (χ3v) is 6.51. The van der Waals surface area contributed by atoms with E-state index in [2.05, 4.69) is 10.4 Å². The Balaban J connectivity index is 1.32. The number of nitrogens with one attached hydrogen (secondary N) is 1. The fraction of sp³-hybridized carbons (Fsp3) is 0.280. The zero-order valence-electron chi connectivity index (χ0n) is 18.6. The molecule has 33 heavy (non-hydrogen) atoms. The average Bonchev–Trinajstić information content (AvgIpc) is 3.36. The van der Waals surface area contributed by atoms with Crippen molar-refractivity contribution in [1.82, 2.24) is 14.7 Å². The number of carbonyl (C=O) groups excluding carboxylic acids is 3. The molecule has 0 aliphatic carbocycles. The molecule has 168 valence electrons. The molecule has 5 rings (SSSR count). The predicted octanol–water partition coefficient (Wildman–Crippen LogP) is 3.51. The van der Waals surface area contributed by atoms with Crippen molar-refractivity contribution in [1.29, 1.82) is 0 Å². The second-order valence-corrected chi connectivity index (χ2v) is 8.65. The molecule has 2 aliphatic heterocycles. The van der Waals surface area contributed by atoms with Crippen molar-refractivity contribution >= 4 is 29.1 Å². The normalized spacial score (nSPS) is 19.5. The molecule has 1 N–H and O–H groups in total. The Labute approximate surface area is 191 Å². The molecule has 3 heterocycles. The lowest BCUT2D eigenvalue weighted by Crippen LogP contribution is -2.62. The van der Waals surface area contributed by atoms with Crippen molar-refractivity contribution < 1.29 is 14.4 Å². The molecular weight excluding hydrogens is 418 g/mol. The van der Waals surface area contributed by atoms with E-state index < -0.39 is 5.66 Å². The van der Waals surface area contributed by atoms with Crippen molar-refractivity contribution in [3.8, 4) is 5.69 Å². The van der Waals surface area contributed by atoms with E-state index in [1.54, 1.807) is 32.8 Å². The van der Waals surface area contributed by atoms with Crippen LogP contribution in [0.15, 0.2) is 60.8 Å². The first-order valence-corrected chi connectivity index (χ1v) is 11.0. The van der Waals surface area contributed by atoms with Crippen LogP contribution < -0.4 is 10.2 Å². The van der Waals surface area contributed by atoms with Gasteiger partial charge in [-0.25, -0.2) is 4.68 Å². The third-order valence-electron chi connectivity index (χ3n) is 6.51. The Kier molecular flexibility index (Phi) is 5.00. The molecule has 0 radical (unpaired) electrons. The second-order valence-electron chi connectivity index (χ2n) is 8.65. The van der Waals surface area contributed by atoms with Crippen molar-refractivity contribution in [2.75, 3.05) is 16.8 Å². The number of aromatic nitrogens is 2. The number of nitrogens with zero attached hydrogens (tertiary/aromatic N) is 4. The highest BCUT2D eigenvalue weighted by molar-refractivity contribution is 6.10. The van der Waals surface area contributed by atoms with Crippen LogP contribution >= 0.6 is 0 Å². The van der Waals surface area contributed by atoms with Crippen LogP contribution in [0.25, 0.3) is 5.69 Å². The van der Waals surface area contributed by atoms with Crippen LogP contribution in [0.4, 0.5) is 11.4 Å². The molecule has 1 fully saturated rings. The van der Waals surface area contributed by atoms with Gasteiger partial charge in [0.1, 0.15) is 5.66 Å². The number of rotatable bonds is 5. The smallest absolute Gasteiger partial charge is 0.257 e. The molecular formula is C25H25N5O3. The minimum Gasteiger partial charge on any atom is -0.326 e. The maximum Gasteiger partial charge on any atom is 0.257 e. The summed E-state index contributed by atoms with van der Waals surface area (Å²) in [6.07, 6.45) is 2.77. The molecule has 8 heteroatoms. The van der Waals surface area contributed by atoms with E-state index in [-0.39, 0.29) is 30.7 Å². The van der Waals surface area contributed by atoms with E-state index in [0.29, 0.717) is 29.8 Å². The number of hydrogen-bond acceptors (Lipinski definition) is 4. The Bertz CT molecular complexity index is 1270. The third kappa shape index (κ3) is 3.47. The van der Waals surface area contributed by atoms with Crippen LogP contribution in [0.2, 0.25) is 0 Å². The van der Waals surface area contributed by atoms with Crippen LogP contribution in [0, 0.1) is 6.92 Å². The Morgan fingerprint density at radius 2 is 1.94 bits per heavy atom. The number of aryl methyl sites for hydroxylation is 1. The highest BCUT2D eigenvalue weighted by Crippen LogP contribution is 2.43. The lowest BCUT2D eigenvalue weighted by atomic mass is 9.98. The molecule has 3 aromatic rings. The summed E-state index contributed by atoms with van der Waals surface area (Å²) in [6.45, 7) is 4.08. The minimum absolute atomic E-state index is 0.00219. The number of amides is 3. The van der Waals surface area contributed by atoms with E-state index in [1.165, 1.54) is 0 Å². The fourth-order valence-electron chi connectivity index (χ4n) is 4.83. The van der Waals surface area contributed by atoms with Crippen LogP contribution in [0.3, 0.4) is 0 Å². The minimum atomic E-state index is -0.764. The van der Waals surface area contributed by atoms with Crippen LogP contribution in [-0.2, 0) is 9.59 Å². The van der Waals surface area contributed by atoms with Gasteiger partial charge in [-0.15, -0.1) is 0 Å². The number of carbonyl (C=O) groups is 3. The first-order chi connectivity index (χ1) is 15.9. The zero-order valence-corrected chi connectivity index (χ0v) is 18.6. The van der Waals surface area contributed by atoms with Gasteiger partial charge in [0, 0.05) is 37.0 Å². The summed E-state index contributed by atoms with van der Waals surface area (Å²) in [6, 6.07) is 16.5. The van der Waals surface area contributed by atoms with Crippen LogP contribution in [-0.4, -0.2) is 44.6 Å². The number of anilines is 2. The van der Waals surface area contributed by atoms with Gasteiger partial charge in [0.2, 0.25) is 11.8 Å². The number of benzene rings is 2.